The van der Waals surface area contributed by atoms with Gasteiger partial charge < -0.3 is 5.11 Å². The van der Waals surface area contributed by atoms with E-state index in [2.05, 4.69) is 9.71 Å². The van der Waals surface area contributed by atoms with E-state index in [9.17, 15) is 13.2 Å². The Hall–Kier alpha value is -2.25. The SMILES string of the molecule is CC(C)c1ccc(C(=O)O)cc1S(=O)(=O)NCc1ccncc1. The fourth-order valence-corrected chi connectivity index (χ4v) is 3.54. The predicted octanol–water partition coefficient (Wildman–Crippen LogP) is 2.38. The minimum atomic E-state index is -3.82. The highest BCUT2D eigenvalue weighted by Gasteiger charge is 2.22. The molecule has 0 bridgehead atoms. The fraction of sp³-hybridized carbons (Fsp3) is 0.250. The Bertz CT molecular complexity index is 802. The van der Waals surface area contributed by atoms with Gasteiger partial charge in [0.05, 0.1) is 10.5 Å². The van der Waals surface area contributed by atoms with E-state index in [0.717, 1.165) is 5.56 Å². The second kappa shape index (κ2) is 6.89. The van der Waals surface area contributed by atoms with E-state index in [4.69, 9.17) is 5.11 Å². The molecule has 122 valence electrons. The molecule has 0 saturated heterocycles. The Morgan fingerprint density at radius 1 is 1.22 bits per heavy atom. The van der Waals surface area contributed by atoms with Crippen LogP contribution in [0.4, 0.5) is 0 Å². The second-order valence-corrected chi connectivity index (χ2v) is 7.13. The van der Waals surface area contributed by atoms with Crippen molar-refractivity contribution < 1.29 is 18.3 Å². The number of carboxylic acids is 1. The van der Waals surface area contributed by atoms with Crippen molar-refractivity contribution in [2.75, 3.05) is 0 Å². The lowest BCUT2D eigenvalue weighted by Gasteiger charge is -2.15. The summed E-state index contributed by atoms with van der Waals surface area (Å²) in [6.07, 6.45) is 3.16. The summed E-state index contributed by atoms with van der Waals surface area (Å²) in [5, 5.41) is 9.09. The number of aromatic carboxylic acids is 1. The number of nitrogens with one attached hydrogen (secondary N) is 1. The molecule has 0 saturated carbocycles. The Kier molecular flexibility index (Phi) is 5.12. The van der Waals surface area contributed by atoms with Gasteiger partial charge in [-0.15, -0.1) is 0 Å². The maximum atomic E-state index is 12.6. The summed E-state index contributed by atoms with van der Waals surface area (Å²) in [4.78, 5) is 15.0. The standard InChI is InChI=1S/C16H18N2O4S/c1-11(2)14-4-3-13(16(19)20)9-15(14)23(21,22)18-10-12-5-7-17-8-6-12/h3-9,11,18H,10H2,1-2H3,(H,19,20). The van der Waals surface area contributed by atoms with Crippen LogP contribution in [0.25, 0.3) is 0 Å². The van der Waals surface area contributed by atoms with E-state index in [0.29, 0.717) is 5.56 Å². The number of carbonyl (C=O) groups is 1. The maximum Gasteiger partial charge on any atom is 0.335 e. The molecule has 2 aromatic rings. The van der Waals surface area contributed by atoms with Crippen molar-refractivity contribution in [2.24, 2.45) is 0 Å². The summed E-state index contributed by atoms with van der Waals surface area (Å²) < 4.78 is 27.7. The summed E-state index contributed by atoms with van der Waals surface area (Å²) in [5.41, 5.74) is 1.29. The van der Waals surface area contributed by atoms with Crippen LogP contribution in [0.1, 0.15) is 41.3 Å². The van der Waals surface area contributed by atoms with Crippen LogP contribution in [0.3, 0.4) is 0 Å². The average molecular weight is 334 g/mol. The molecule has 23 heavy (non-hydrogen) atoms. The molecule has 0 unspecified atom stereocenters. The first-order valence-electron chi connectivity index (χ1n) is 7.07. The van der Waals surface area contributed by atoms with Crippen molar-refractivity contribution in [1.82, 2.24) is 9.71 Å². The second-order valence-electron chi connectivity index (χ2n) is 5.39. The molecule has 0 radical (unpaired) electrons. The van der Waals surface area contributed by atoms with Gasteiger partial charge in [0, 0.05) is 18.9 Å². The van der Waals surface area contributed by atoms with Gasteiger partial charge in [-0.1, -0.05) is 19.9 Å². The highest BCUT2D eigenvalue weighted by Crippen LogP contribution is 2.25. The van der Waals surface area contributed by atoms with Crippen LogP contribution in [0.2, 0.25) is 0 Å². The van der Waals surface area contributed by atoms with Crippen molar-refractivity contribution in [3.05, 3.63) is 59.4 Å². The van der Waals surface area contributed by atoms with Crippen LogP contribution in [0, 0.1) is 0 Å². The van der Waals surface area contributed by atoms with Crippen LogP contribution in [0.15, 0.2) is 47.6 Å². The summed E-state index contributed by atoms with van der Waals surface area (Å²) in [6, 6.07) is 7.58. The molecule has 1 heterocycles. The Morgan fingerprint density at radius 3 is 2.43 bits per heavy atom. The van der Waals surface area contributed by atoms with E-state index in [1.54, 1.807) is 30.6 Å². The zero-order valence-corrected chi connectivity index (χ0v) is 13.7. The number of hydrogen-bond donors (Lipinski definition) is 2. The number of nitrogens with zero attached hydrogens (tertiary/aromatic N) is 1. The van der Waals surface area contributed by atoms with Crippen molar-refractivity contribution in [3.8, 4) is 0 Å². The first kappa shape index (κ1) is 17.1. The van der Waals surface area contributed by atoms with Crippen LogP contribution in [0.5, 0.6) is 0 Å². The molecule has 7 heteroatoms. The van der Waals surface area contributed by atoms with Gasteiger partial charge in [-0.3, -0.25) is 4.98 Å². The Morgan fingerprint density at radius 2 is 1.87 bits per heavy atom. The van der Waals surface area contributed by atoms with Gasteiger partial charge in [0.25, 0.3) is 0 Å². The number of rotatable bonds is 6. The molecule has 0 atom stereocenters. The third-order valence-corrected chi connectivity index (χ3v) is 4.84. The number of benzene rings is 1. The third kappa shape index (κ3) is 4.14. The van der Waals surface area contributed by atoms with E-state index in [-0.39, 0.29) is 22.9 Å². The zero-order valence-electron chi connectivity index (χ0n) is 12.9. The third-order valence-electron chi connectivity index (χ3n) is 3.39. The topological polar surface area (TPSA) is 96.4 Å². The molecule has 0 aliphatic carbocycles. The van der Waals surface area contributed by atoms with Crippen molar-refractivity contribution in [1.29, 1.82) is 0 Å². The van der Waals surface area contributed by atoms with E-state index >= 15 is 0 Å². The van der Waals surface area contributed by atoms with Gasteiger partial charge >= 0.3 is 5.97 Å². The molecule has 0 aliphatic rings. The Labute approximate surface area is 135 Å². The van der Waals surface area contributed by atoms with Gasteiger partial charge in [0.2, 0.25) is 10.0 Å². The lowest BCUT2D eigenvalue weighted by atomic mass is 10.0. The van der Waals surface area contributed by atoms with E-state index < -0.39 is 16.0 Å². The van der Waals surface area contributed by atoms with E-state index in [1.807, 2.05) is 13.8 Å². The van der Waals surface area contributed by atoms with Crippen LogP contribution >= 0.6 is 0 Å². The normalized spacial score (nSPS) is 11.6. The average Bonchev–Trinajstić information content (AvgIpc) is 2.53. The predicted molar refractivity (Wildman–Crippen MR) is 85.8 cm³/mol. The number of aromatic nitrogens is 1. The summed E-state index contributed by atoms with van der Waals surface area (Å²) in [6.45, 7) is 3.83. The summed E-state index contributed by atoms with van der Waals surface area (Å²) in [5.74, 6) is -1.21. The van der Waals surface area contributed by atoms with Gasteiger partial charge in [-0.25, -0.2) is 17.9 Å². The largest absolute Gasteiger partial charge is 0.478 e. The van der Waals surface area contributed by atoms with Crippen LogP contribution in [-0.4, -0.2) is 24.5 Å². The fourth-order valence-electron chi connectivity index (χ4n) is 2.13. The van der Waals surface area contributed by atoms with Crippen molar-refractivity contribution in [2.45, 2.75) is 31.2 Å². The van der Waals surface area contributed by atoms with Crippen LogP contribution < -0.4 is 4.72 Å². The number of carboxylic acid groups (broad SMARTS) is 1. The molecular formula is C16H18N2O4S. The van der Waals surface area contributed by atoms with Crippen molar-refractivity contribution in [3.63, 3.8) is 0 Å². The molecule has 0 spiro atoms. The van der Waals surface area contributed by atoms with Gasteiger partial charge in [0.1, 0.15) is 0 Å². The number of pyridine rings is 1. The van der Waals surface area contributed by atoms with Crippen LogP contribution in [-0.2, 0) is 16.6 Å². The van der Waals surface area contributed by atoms with Gasteiger partial charge in [-0.05, 0) is 41.3 Å². The molecule has 1 aromatic carbocycles. The first-order chi connectivity index (χ1) is 10.8. The quantitative estimate of drug-likeness (QED) is 0.845. The molecule has 2 N–H and O–H groups in total. The number of sulfonamides is 1. The summed E-state index contributed by atoms with van der Waals surface area (Å²) in [7, 11) is -3.82. The molecule has 0 aliphatic heterocycles. The molecule has 0 fully saturated rings. The first-order valence-corrected chi connectivity index (χ1v) is 8.55. The maximum absolute atomic E-state index is 12.6. The van der Waals surface area contributed by atoms with E-state index in [1.165, 1.54) is 12.1 Å². The molecule has 1 aromatic heterocycles. The molecule has 6 nitrogen and oxygen atoms in total. The highest BCUT2D eigenvalue weighted by molar-refractivity contribution is 7.89. The minimum absolute atomic E-state index is 0.00135. The highest BCUT2D eigenvalue weighted by atomic mass is 32.2. The van der Waals surface area contributed by atoms with Crippen molar-refractivity contribution >= 4 is 16.0 Å². The molecule has 2 rings (SSSR count). The monoisotopic (exact) mass is 334 g/mol. The number of hydrogen-bond acceptors (Lipinski definition) is 4. The zero-order chi connectivity index (χ0) is 17.0. The lowest BCUT2D eigenvalue weighted by Crippen LogP contribution is -2.25. The van der Waals surface area contributed by atoms with Gasteiger partial charge in [-0.2, -0.15) is 0 Å². The summed E-state index contributed by atoms with van der Waals surface area (Å²) >= 11 is 0. The van der Waals surface area contributed by atoms with Gasteiger partial charge in [0.15, 0.2) is 0 Å². The smallest absolute Gasteiger partial charge is 0.335 e. The minimum Gasteiger partial charge on any atom is -0.478 e. The lowest BCUT2D eigenvalue weighted by molar-refractivity contribution is 0.0696. The molecule has 0 amide bonds. The molecular weight excluding hydrogens is 316 g/mol. The Balaban J connectivity index is 2.37.